The summed E-state index contributed by atoms with van der Waals surface area (Å²) in [5.74, 6) is 5.82. The van der Waals surface area contributed by atoms with Gasteiger partial charge >= 0.3 is 6.09 Å². The maximum Gasteiger partial charge on any atom is 0.424 e. The quantitative estimate of drug-likeness (QED) is 0.477. The van der Waals surface area contributed by atoms with E-state index in [1.165, 1.54) is 24.3 Å². The van der Waals surface area contributed by atoms with E-state index < -0.39 is 11.7 Å². The summed E-state index contributed by atoms with van der Waals surface area (Å²) in [4.78, 5) is 14.2. The molecule has 1 rings (SSSR count). The third kappa shape index (κ3) is 5.23. The molecule has 0 radical (unpaired) electrons. The number of carbonyl (C=O) groups is 1. The fourth-order valence-electron chi connectivity index (χ4n) is 2.10. The van der Waals surface area contributed by atoms with Crippen molar-refractivity contribution in [3.05, 3.63) is 0 Å². The standard InChI is InChI=1S/C13H27N3O2/c1-11(10-15-8-6-5-7-9-15)16(14)12(17)18-13(2,3)4/h11H,5-10,14H2,1-4H3. The van der Waals surface area contributed by atoms with Crippen molar-refractivity contribution in [1.82, 2.24) is 9.91 Å². The lowest BCUT2D eigenvalue weighted by Crippen LogP contribution is -2.51. The number of rotatable bonds is 3. The summed E-state index contributed by atoms with van der Waals surface area (Å²) in [7, 11) is 0. The maximum absolute atomic E-state index is 11.8. The summed E-state index contributed by atoms with van der Waals surface area (Å²) in [6, 6.07) is -0.0297. The number of amides is 1. The van der Waals surface area contributed by atoms with Gasteiger partial charge in [-0.05, 0) is 53.6 Å². The molecule has 1 aliphatic heterocycles. The Hall–Kier alpha value is -0.810. The molecule has 5 heteroatoms. The van der Waals surface area contributed by atoms with E-state index in [1.54, 1.807) is 0 Å². The molecule has 0 aromatic heterocycles. The lowest BCUT2D eigenvalue weighted by Gasteiger charge is -2.33. The molecule has 106 valence electrons. The minimum Gasteiger partial charge on any atom is -0.443 e. The lowest BCUT2D eigenvalue weighted by atomic mass is 10.1. The van der Waals surface area contributed by atoms with Gasteiger partial charge in [0.25, 0.3) is 0 Å². The SMILES string of the molecule is CC(CN1CCCCC1)N(N)C(=O)OC(C)(C)C. The molecule has 0 aromatic rings. The van der Waals surface area contributed by atoms with Crippen LogP contribution < -0.4 is 5.84 Å². The van der Waals surface area contributed by atoms with E-state index >= 15 is 0 Å². The predicted octanol–water partition coefficient (Wildman–Crippen LogP) is 1.97. The third-order valence-corrected chi connectivity index (χ3v) is 3.05. The molecule has 0 bridgehead atoms. The van der Waals surface area contributed by atoms with Gasteiger partial charge in [-0.1, -0.05) is 6.42 Å². The average molecular weight is 257 g/mol. The second-order valence-electron chi connectivity index (χ2n) is 6.10. The minimum atomic E-state index is -0.500. The first-order valence-electron chi connectivity index (χ1n) is 6.79. The van der Waals surface area contributed by atoms with Gasteiger partial charge in [-0.25, -0.2) is 15.6 Å². The molecule has 0 aliphatic carbocycles. The van der Waals surface area contributed by atoms with Crippen LogP contribution in [-0.2, 0) is 4.74 Å². The van der Waals surface area contributed by atoms with Crippen molar-refractivity contribution in [1.29, 1.82) is 0 Å². The largest absolute Gasteiger partial charge is 0.443 e. The van der Waals surface area contributed by atoms with Crippen LogP contribution in [-0.4, -0.2) is 47.3 Å². The predicted molar refractivity (Wildman–Crippen MR) is 72.0 cm³/mol. The maximum atomic E-state index is 11.8. The number of likely N-dealkylation sites (tertiary alicyclic amines) is 1. The molecule has 1 amide bonds. The zero-order chi connectivity index (χ0) is 13.8. The van der Waals surface area contributed by atoms with E-state index in [0.29, 0.717) is 0 Å². The van der Waals surface area contributed by atoms with Crippen LogP contribution in [0.1, 0.15) is 47.0 Å². The molecule has 1 heterocycles. The zero-order valence-electron chi connectivity index (χ0n) is 12.1. The molecule has 0 spiro atoms. The smallest absolute Gasteiger partial charge is 0.424 e. The van der Waals surface area contributed by atoms with Gasteiger partial charge in [0, 0.05) is 6.54 Å². The van der Waals surface area contributed by atoms with Gasteiger partial charge in [0.15, 0.2) is 0 Å². The van der Waals surface area contributed by atoms with Crippen LogP contribution in [0.4, 0.5) is 4.79 Å². The molecule has 5 nitrogen and oxygen atoms in total. The Bertz CT molecular complexity index is 270. The van der Waals surface area contributed by atoms with Gasteiger partial charge in [0.05, 0.1) is 6.04 Å². The molecule has 1 atom stereocenters. The number of ether oxygens (including phenoxy) is 1. The fourth-order valence-corrected chi connectivity index (χ4v) is 2.10. The third-order valence-electron chi connectivity index (χ3n) is 3.05. The molecule has 2 N–H and O–H groups in total. The van der Waals surface area contributed by atoms with Crippen LogP contribution >= 0.6 is 0 Å². The number of nitrogens with zero attached hydrogens (tertiary/aromatic N) is 2. The second kappa shape index (κ2) is 6.38. The fraction of sp³-hybridized carbons (Fsp3) is 0.923. The van der Waals surface area contributed by atoms with E-state index in [0.717, 1.165) is 19.6 Å². The van der Waals surface area contributed by atoms with E-state index in [2.05, 4.69) is 4.90 Å². The first-order valence-corrected chi connectivity index (χ1v) is 6.79. The van der Waals surface area contributed by atoms with Crippen molar-refractivity contribution >= 4 is 6.09 Å². The molecule has 1 aliphatic rings. The van der Waals surface area contributed by atoms with Gasteiger partial charge in [-0.15, -0.1) is 0 Å². The summed E-state index contributed by atoms with van der Waals surface area (Å²) in [6.07, 6.45) is 3.34. The number of hydrogen-bond acceptors (Lipinski definition) is 4. The number of carbonyl (C=O) groups excluding carboxylic acids is 1. The molecule has 0 saturated carbocycles. The van der Waals surface area contributed by atoms with Gasteiger partial charge in [0.2, 0.25) is 0 Å². The van der Waals surface area contributed by atoms with Gasteiger partial charge < -0.3 is 9.64 Å². The van der Waals surface area contributed by atoms with Gasteiger partial charge in [-0.2, -0.15) is 0 Å². The Morgan fingerprint density at radius 2 is 1.89 bits per heavy atom. The Kier molecular flexibility index (Phi) is 5.41. The monoisotopic (exact) mass is 257 g/mol. The molecule has 18 heavy (non-hydrogen) atoms. The lowest BCUT2D eigenvalue weighted by molar-refractivity contribution is 0.0131. The van der Waals surface area contributed by atoms with Crippen molar-refractivity contribution in [3.63, 3.8) is 0 Å². The highest BCUT2D eigenvalue weighted by Gasteiger charge is 2.25. The second-order valence-corrected chi connectivity index (χ2v) is 6.10. The van der Waals surface area contributed by atoms with Crippen LogP contribution in [0.2, 0.25) is 0 Å². The molecule has 1 unspecified atom stereocenters. The summed E-state index contributed by atoms with van der Waals surface area (Å²) < 4.78 is 5.25. The molecule has 0 aromatic carbocycles. The van der Waals surface area contributed by atoms with Crippen LogP contribution in [0.5, 0.6) is 0 Å². The zero-order valence-corrected chi connectivity index (χ0v) is 12.1. The highest BCUT2D eigenvalue weighted by molar-refractivity contribution is 5.67. The van der Waals surface area contributed by atoms with Crippen molar-refractivity contribution in [2.45, 2.75) is 58.6 Å². The van der Waals surface area contributed by atoms with Crippen molar-refractivity contribution < 1.29 is 9.53 Å². The topological polar surface area (TPSA) is 58.8 Å². The molecular weight excluding hydrogens is 230 g/mol. The normalized spacial score (nSPS) is 19.4. The van der Waals surface area contributed by atoms with Crippen LogP contribution in [0.25, 0.3) is 0 Å². The number of hydrogen-bond donors (Lipinski definition) is 1. The summed E-state index contributed by atoms with van der Waals surface area (Å²) in [5.41, 5.74) is -0.500. The summed E-state index contributed by atoms with van der Waals surface area (Å²) in [6.45, 7) is 10.5. The summed E-state index contributed by atoms with van der Waals surface area (Å²) >= 11 is 0. The Morgan fingerprint density at radius 3 is 2.39 bits per heavy atom. The van der Waals surface area contributed by atoms with Crippen molar-refractivity contribution in [2.75, 3.05) is 19.6 Å². The van der Waals surface area contributed by atoms with Crippen LogP contribution in [0.3, 0.4) is 0 Å². The van der Waals surface area contributed by atoms with Gasteiger partial charge in [0.1, 0.15) is 5.60 Å². The first kappa shape index (κ1) is 15.2. The van der Waals surface area contributed by atoms with Crippen LogP contribution in [0, 0.1) is 0 Å². The van der Waals surface area contributed by atoms with Crippen molar-refractivity contribution in [2.24, 2.45) is 5.84 Å². The highest BCUT2D eigenvalue weighted by Crippen LogP contribution is 2.12. The first-order chi connectivity index (χ1) is 8.29. The molecular formula is C13H27N3O2. The van der Waals surface area contributed by atoms with E-state index in [1.807, 2.05) is 27.7 Å². The van der Waals surface area contributed by atoms with Crippen molar-refractivity contribution in [3.8, 4) is 0 Å². The number of piperidine rings is 1. The Labute approximate surface area is 110 Å². The highest BCUT2D eigenvalue weighted by atomic mass is 16.6. The molecule has 1 saturated heterocycles. The van der Waals surface area contributed by atoms with Gasteiger partial charge in [-0.3, -0.25) is 0 Å². The Morgan fingerprint density at radius 1 is 1.33 bits per heavy atom. The van der Waals surface area contributed by atoms with E-state index in [9.17, 15) is 4.79 Å². The number of nitrogens with two attached hydrogens (primary N) is 1. The van der Waals surface area contributed by atoms with Crippen LogP contribution in [0.15, 0.2) is 0 Å². The average Bonchev–Trinajstić information content (AvgIpc) is 2.27. The van der Waals surface area contributed by atoms with E-state index in [-0.39, 0.29) is 6.04 Å². The molecule has 1 fully saturated rings. The minimum absolute atomic E-state index is 0.0297. The van der Waals surface area contributed by atoms with E-state index in [4.69, 9.17) is 10.6 Å². The Balaban J connectivity index is 2.39. The summed E-state index contributed by atoms with van der Waals surface area (Å²) in [5, 5.41) is 1.21. The number of hydrazine groups is 1.